The average Bonchev–Trinajstić information content (AvgIpc) is 2.99. The van der Waals surface area contributed by atoms with E-state index in [2.05, 4.69) is 55.2 Å². The molecule has 0 heterocycles. The van der Waals surface area contributed by atoms with Crippen LogP contribution in [0.4, 0.5) is 5.69 Å². The van der Waals surface area contributed by atoms with Crippen molar-refractivity contribution in [3.8, 4) is 0 Å². The molecule has 4 aliphatic carbocycles. The number of rotatable bonds is 2. The van der Waals surface area contributed by atoms with Crippen LogP contribution in [0.5, 0.6) is 0 Å². The first-order chi connectivity index (χ1) is 14.7. The van der Waals surface area contributed by atoms with E-state index in [9.17, 15) is 9.90 Å². The number of Topliss-reactive ketones (excluding diaryl/α,β-unsaturated/α-hetero) is 1. The third-order valence-corrected chi connectivity index (χ3v) is 9.47. The molecule has 0 unspecified atom stereocenters. The van der Waals surface area contributed by atoms with Crippen LogP contribution in [0, 0.1) is 28.6 Å². The third kappa shape index (κ3) is 3.23. The van der Waals surface area contributed by atoms with Gasteiger partial charge in [0.2, 0.25) is 0 Å². The van der Waals surface area contributed by atoms with Gasteiger partial charge < -0.3 is 10.0 Å². The standard InChI is InChI=1S/C28H37NO2/c1-27-13-11-22(30)17-20(27)7-10-23-24(27)12-14-28(2)25(23)16-19(26(28)31)15-18-5-8-21(9-6-18)29(3)4/h5-9,15,22-25,30H,10-14,16-17H2,1-4H3/b19-15-/t22-,23+,24-,25-,27+,28-/m1/s1. The van der Waals surface area contributed by atoms with Gasteiger partial charge in [-0.25, -0.2) is 0 Å². The second kappa shape index (κ2) is 7.33. The molecule has 3 fully saturated rings. The molecule has 0 aliphatic heterocycles. The fourth-order valence-corrected chi connectivity index (χ4v) is 7.51. The fraction of sp³-hybridized carbons (Fsp3) is 0.607. The minimum absolute atomic E-state index is 0.161. The van der Waals surface area contributed by atoms with Crippen LogP contribution in [0.3, 0.4) is 0 Å². The lowest BCUT2D eigenvalue weighted by atomic mass is 9.48. The molecular weight excluding hydrogens is 382 g/mol. The van der Waals surface area contributed by atoms with E-state index >= 15 is 0 Å². The Labute approximate surface area is 187 Å². The molecular formula is C28H37NO2. The lowest BCUT2D eigenvalue weighted by molar-refractivity contribution is -0.130. The summed E-state index contributed by atoms with van der Waals surface area (Å²) in [4.78, 5) is 15.7. The average molecular weight is 420 g/mol. The monoisotopic (exact) mass is 419 g/mol. The number of allylic oxidation sites excluding steroid dienone is 2. The fourth-order valence-electron chi connectivity index (χ4n) is 7.51. The molecule has 3 saturated carbocycles. The van der Waals surface area contributed by atoms with Crippen molar-refractivity contribution < 1.29 is 9.90 Å². The van der Waals surface area contributed by atoms with Gasteiger partial charge in [-0.2, -0.15) is 0 Å². The van der Waals surface area contributed by atoms with Gasteiger partial charge in [0.25, 0.3) is 0 Å². The predicted octanol–water partition coefficient (Wildman–Crippen LogP) is 5.64. The van der Waals surface area contributed by atoms with Crippen molar-refractivity contribution in [2.45, 2.75) is 64.9 Å². The number of nitrogens with zero attached hydrogens (tertiary/aromatic N) is 1. The number of carbonyl (C=O) groups is 1. The number of fused-ring (bicyclic) bond motifs is 5. The van der Waals surface area contributed by atoms with Gasteiger partial charge in [-0.15, -0.1) is 0 Å². The SMILES string of the molecule is CN(C)c1ccc(/C=C2/C[C@@H]3[C@H]4CC=C5C[C@H](O)CC[C@]5(C)[C@@H]4CC[C@@]3(C)C2=O)cc1. The van der Waals surface area contributed by atoms with Gasteiger partial charge in [0.15, 0.2) is 5.78 Å². The zero-order valence-electron chi connectivity index (χ0n) is 19.5. The van der Waals surface area contributed by atoms with Crippen LogP contribution in [0.25, 0.3) is 6.08 Å². The van der Waals surface area contributed by atoms with E-state index in [0.717, 1.165) is 56.1 Å². The highest BCUT2D eigenvalue weighted by atomic mass is 16.3. The number of anilines is 1. The number of ketones is 1. The van der Waals surface area contributed by atoms with Crippen molar-refractivity contribution >= 4 is 17.5 Å². The van der Waals surface area contributed by atoms with Crippen LogP contribution < -0.4 is 4.90 Å². The van der Waals surface area contributed by atoms with Gasteiger partial charge in [0, 0.05) is 25.2 Å². The summed E-state index contributed by atoms with van der Waals surface area (Å²) in [6, 6.07) is 8.52. The normalized spacial score (nSPS) is 40.7. The first kappa shape index (κ1) is 21.0. The molecule has 0 amide bonds. The maximum absolute atomic E-state index is 13.6. The molecule has 1 N–H and O–H groups in total. The van der Waals surface area contributed by atoms with Gasteiger partial charge in [0.05, 0.1) is 6.10 Å². The summed E-state index contributed by atoms with van der Waals surface area (Å²) < 4.78 is 0. The van der Waals surface area contributed by atoms with E-state index in [4.69, 9.17) is 0 Å². The Morgan fingerprint density at radius 3 is 2.42 bits per heavy atom. The molecule has 4 aliphatic rings. The molecule has 1 aromatic carbocycles. The quantitative estimate of drug-likeness (QED) is 0.498. The summed E-state index contributed by atoms with van der Waals surface area (Å²) in [5.74, 6) is 2.09. The summed E-state index contributed by atoms with van der Waals surface area (Å²) in [5.41, 5.74) is 4.86. The van der Waals surface area contributed by atoms with E-state index in [1.165, 1.54) is 11.3 Å². The number of aliphatic hydroxyl groups excluding tert-OH is 1. The van der Waals surface area contributed by atoms with Gasteiger partial charge in [-0.1, -0.05) is 37.6 Å². The molecule has 31 heavy (non-hydrogen) atoms. The number of benzene rings is 1. The third-order valence-electron chi connectivity index (χ3n) is 9.47. The number of carbonyl (C=O) groups excluding carboxylic acids is 1. The lowest BCUT2D eigenvalue weighted by Crippen LogP contribution is -2.50. The Morgan fingerprint density at radius 2 is 1.71 bits per heavy atom. The Balaban J connectivity index is 1.44. The molecule has 3 heteroatoms. The second-order valence-electron chi connectivity index (χ2n) is 11.3. The van der Waals surface area contributed by atoms with Gasteiger partial charge in [-0.3, -0.25) is 4.79 Å². The molecule has 0 saturated heterocycles. The first-order valence-corrected chi connectivity index (χ1v) is 12.1. The van der Waals surface area contributed by atoms with Crippen LogP contribution in [0.1, 0.15) is 64.4 Å². The molecule has 5 rings (SSSR count). The highest BCUT2D eigenvalue weighted by molar-refractivity contribution is 6.06. The van der Waals surface area contributed by atoms with Crippen molar-refractivity contribution in [1.82, 2.24) is 0 Å². The molecule has 166 valence electrons. The van der Waals surface area contributed by atoms with E-state index < -0.39 is 0 Å². The lowest BCUT2D eigenvalue weighted by Gasteiger charge is -2.56. The van der Waals surface area contributed by atoms with E-state index in [1.807, 2.05) is 14.1 Å². The Kier molecular flexibility index (Phi) is 4.97. The summed E-state index contributed by atoms with van der Waals surface area (Å²) in [6.07, 6.45) is 11.5. The molecule has 0 spiro atoms. The van der Waals surface area contributed by atoms with Crippen molar-refractivity contribution in [3.63, 3.8) is 0 Å². The highest BCUT2D eigenvalue weighted by Crippen LogP contribution is 2.64. The second-order valence-corrected chi connectivity index (χ2v) is 11.3. The number of hydrogen-bond acceptors (Lipinski definition) is 3. The van der Waals surface area contributed by atoms with E-state index in [-0.39, 0.29) is 16.9 Å². The number of aliphatic hydroxyl groups is 1. The van der Waals surface area contributed by atoms with Gasteiger partial charge in [-0.05, 0) is 97.5 Å². The van der Waals surface area contributed by atoms with Crippen molar-refractivity contribution in [1.29, 1.82) is 0 Å². The van der Waals surface area contributed by atoms with Crippen LogP contribution in [0.15, 0.2) is 41.5 Å². The first-order valence-electron chi connectivity index (χ1n) is 12.1. The van der Waals surface area contributed by atoms with Crippen molar-refractivity contribution in [2.75, 3.05) is 19.0 Å². The molecule has 0 aromatic heterocycles. The number of hydrogen-bond donors (Lipinski definition) is 1. The maximum Gasteiger partial charge on any atom is 0.165 e. The molecule has 1 aromatic rings. The van der Waals surface area contributed by atoms with Crippen LogP contribution in [-0.2, 0) is 4.79 Å². The molecule has 3 nitrogen and oxygen atoms in total. The topological polar surface area (TPSA) is 40.5 Å². The molecule has 6 atom stereocenters. The zero-order valence-corrected chi connectivity index (χ0v) is 19.5. The Bertz CT molecular complexity index is 942. The Hall–Kier alpha value is -1.87. The maximum atomic E-state index is 13.6. The summed E-state index contributed by atoms with van der Waals surface area (Å²) >= 11 is 0. The van der Waals surface area contributed by atoms with E-state index in [0.29, 0.717) is 23.5 Å². The minimum Gasteiger partial charge on any atom is -0.393 e. The Morgan fingerprint density at radius 1 is 1.00 bits per heavy atom. The van der Waals surface area contributed by atoms with Crippen LogP contribution in [0.2, 0.25) is 0 Å². The van der Waals surface area contributed by atoms with E-state index in [1.54, 1.807) is 0 Å². The van der Waals surface area contributed by atoms with Gasteiger partial charge >= 0.3 is 0 Å². The van der Waals surface area contributed by atoms with Crippen LogP contribution in [-0.4, -0.2) is 31.1 Å². The van der Waals surface area contributed by atoms with Crippen LogP contribution >= 0.6 is 0 Å². The van der Waals surface area contributed by atoms with Crippen molar-refractivity contribution in [3.05, 3.63) is 47.1 Å². The summed E-state index contributed by atoms with van der Waals surface area (Å²) in [7, 11) is 4.10. The smallest absolute Gasteiger partial charge is 0.165 e. The molecule has 0 bridgehead atoms. The zero-order chi connectivity index (χ0) is 22.0. The van der Waals surface area contributed by atoms with Crippen molar-refractivity contribution in [2.24, 2.45) is 28.6 Å². The summed E-state index contributed by atoms with van der Waals surface area (Å²) in [5, 5.41) is 10.2. The largest absolute Gasteiger partial charge is 0.393 e. The predicted molar refractivity (Wildman–Crippen MR) is 127 cm³/mol. The van der Waals surface area contributed by atoms with Gasteiger partial charge in [0.1, 0.15) is 0 Å². The minimum atomic E-state index is -0.202. The molecule has 0 radical (unpaired) electrons. The summed E-state index contributed by atoms with van der Waals surface area (Å²) in [6.45, 7) is 4.70. The highest BCUT2D eigenvalue weighted by Gasteiger charge is 2.59.